The normalized spacial score (nSPS) is 10.7. The van der Waals surface area contributed by atoms with Crippen molar-refractivity contribution in [1.29, 1.82) is 0 Å². The number of ether oxygens (including phenoxy) is 2. The van der Waals surface area contributed by atoms with Gasteiger partial charge >= 0.3 is 6.09 Å². The third-order valence-corrected chi connectivity index (χ3v) is 6.00. The van der Waals surface area contributed by atoms with E-state index < -0.39 is 6.09 Å². The number of nitrogens with one attached hydrogen (secondary N) is 1. The van der Waals surface area contributed by atoms with Gasteiger partial charge in [0, 0.05) is 6.07 Å². The molecule has 0 spiro atoms. The lowest BCUT2D eigenvalue weighted by molar-refractivity contribution is 0.138. The molecule has 0 aliphatic heterocycles. The average molecular weight is 467 g/mol. The molecule has 187 valence electrons. The molecule has 0 saturated carbocycles. The van der Waals surface area contributed by atoms with Crippen LogP contribution in [0, 0.1) is 6.07 Å². The van der Waals surface area contributed by atoms with Crippen LogP contribution in [-0.2, 0) is 11.2 Å². The summed E-state index contributed by atoms with van der Waals surface area (Å²) in [7, 11) is 0. The number of carbonyl (C=O) groups excluding carboxylic acids is 1. The van der Waals surface area contributed by atoms with E-state index >= 15 is 0 Å². The van der Waals surface area contributed by atoms with E-state index in [9.17, 15) is 4.79 Å². The van der Waals surface area contributed by atoms with Crippen LogP contribution in [0.3, 0.4) is 0 Å². The van der Waals surface area contributed by atoms with Crippen molar-refractivity contribution in [3.63, 3.8) is 0 Å². The van der Waals surface area contributed by atoms with Crippen LogP contribution >= 0.6 is 0 Å². The Balaban J connectivity index is 1.45. The van der Waals surface area contributed by atoms with Gasteiger partial charge in [0.15, 0.2) is 0 Å². The van der Waals surface area contributed by atoms with E-state index in [4.69, 9.17) is 9.47 Å². The molecule has 0 atom stereocenters. The van der Waals surface area contributed by atoms with Gasteiger partial charge in [0.25, 0.3) is 0 Å². The molecule has 0 unspecified atom stereocenters. The zero-order valence-electron chi connectivity index (χ0n) is 21.2. The largest absolute Gasteiger partial charge is 0.490 e. The van der Waals surface area contributed by atoms with Gasteiger partial charge in [-0.25, -0.2) is 4.79 Å². The lowest BCUT2D eigenvalue weighted by Crippen LogP contribution is -2.17. The second-order valence-corrected chi connectivity index (χ2v) is 9.03. The summed E-state index contributed by atoms with van der Waals surface area (Å²) in [5.41, 5.74) is 1.90. The van der Waals surface area contributed by atoms with Crippen molar-refractivity contribution < 1.29 is 14.3 Å². The minimum Gasteiger partial charge on any atom is -0.490 e. The van der Waals surface area contributed by atoms with E-state index in [1.165, 1.54) is 89.0 Å². The third kappa shape index (κ3) is 13.9. The zero-order chi connectivity index (χ0) is 24.1. The Morgan fingerprint density at radius 2 is 1.47 bits per heavy atom. The Hall–Kier alpha value is -2.49. The third-order valence-electron chi connectivity index (χ3n) is 6.00. The Morgan fingerprint density at radius 3 is 2.12 bits per heavy atom. The number of carbonyl (C=O) groups is 1. The van der Waals surface area contributed by atoms with E-state index in [0.29, 0.717) is 12.3 Å². The maximum absolute atomic E-state index is 11.8. The molecule has 34 heavy (non-hydrogen) atoms. The molecule has 0 bridgehead atoms. The number of rotatable bonds is 19. The first-order valence-electron chi connectivity index (χ1n) is 13.4. The molecule has 2 aromatic carbocycles. The van der Waals surface area contributed by atoms with Crippen LogP contribution in [0.15, 0.2) is 48.5 Å². The first kappa shape index (κ1) is 27.8. The van der Waals surface area contributed by atoms with Crippen molar-refractivity contribution in [3.05, 3.63) is 60.2 Å². The molecule has 0 aliphatic rings. The highest BCUT2D eigenvalue weighted by Gasteiger charge is 2.03. The number of amides is 1. The number of para-hydroxylation sites is 1. The van der Waals surface area contributed by atoms with Crippen LogP contribution in [0.5, 0.6) is 5.75 Å². The van der Waals surface area contributed by atoms with E-state index in [2.05, 4.69) is 30.4 Å². The van der Waals surface area contributed by atoms with E-state index in [0.717, 1.165) is 12.2 Å². The van der Waals surface area contributed by atoms with Crippen molar-refractivity contribution >= 4 is 11.8 Å². The van der Waals surface area contributed by atoms with Gasteiger partial charge in [-0.05, 0) is 36.6 Å². The summed E-state index contributed by atoms with van der Waals surface area (Å²) in [6.07, 6.45) is 18.5. The van der Waals surface area contributed by atoms with Crippen molar-refractivity contribution in [2.24, 2.45) is 0 Å². The van der Waals surface area contributed by atoms with Gasteiger partial charge in [-0.15, -0.1) is 0 Å². The van der Waals surface area contributed by atoms with E-state index in [-0.39, 0.29) is 6.61 Å². The van der Waals surface area contributed by atoms with Crippen molar-refractivity contribution in [1.82, 2.24) is 0 Å². The standard InChI is InChI=1S/C30H44NO3/c1-2-3-4-5-6-7-8-9-10-11-12-13-15-19-27-20-18-23-29(26-27)33-24-25-34-30(32)31-28-21-16-14-17-22-28/h14,16-18,20-21,23,26H,2-13,15,19,24-25H2,1H3,(H,31,32). The lowest BCUT2D eigenvalue weighted by Gasteiger charge is -2.10. The summed E-state index contributed by atoms with van der Waals surface area (Å²) in [6, 6.07) is 18.3. The maximum Gasteiger partial charge on any atom is 0.411 e. The number of unbranched alkanes of at least 4 members (excludes halogenated alkanes) is 12. The monoisotopic (exact) mass is 466 g/mol. The Morgan fingerprint density at radius 1 is 0.794 bits per heavy atom. The highest BCUT2D eigenvalue weighted by Crippen LogP contribution is 2.17. The number of hydrogen-bond donors (Lipinski definition) is 1. The van der Waals surface area contributed by atoms with Crippen LogP contribution in [0.4, 0.5) is 10.5 Å². The summed E-state index contributed by atoms with van der Waals surface area (Å²) in [5, 5.41) is 2.64. The molecule has 2 aromatic rings. The fraction of sp³-hybridized carbons (Fsp3) is 0.567. The number of aryl methyl sites for hydroxylation is 1. The second kappa shape index (κ2) is 18.9. The molecule has 0 aliphatic carbocycles. The molecule has 0 heterocycles. The van der Waals surface area contributed by atoms with Gasteiger partial charge in [0.1, 0.15) is 19.0 Å². The van der Waals surface area contributed by atoms with Gasteiger partial charge in [-0.3, -0.25) is 5.32 Å². The minimum absolute atomic E-state index is 0.196. The molecule has 1 N–H and O–H groups in total. The molecule has 0 saturated heterocycles. The molecule has 0 fully saturated rings. The minimum atomic E-state index is -0.498. The van der Waals surface area contributed by atoms with Gasteiger partial charge < -0.3 is 9.47 Å². The molecule has 1 amide bonds. The van der Waals surface area contributed by atoms with Crippen LogP contribution in [0.1, 0.15) is 96.0 Å². The Labute approximate surface area is 207 Å². The number of anilines is 1. The van der Waals surface area contributed by atoms with Crippen molar-refractivity contribution in [2.45, 2.75) is 96.8 Å². The number of hydrogen-bond acceptors (Lipinski definition) is 3. The fourth-order valence-electron chi connectivity index (χ4n) is 4.05. The predicted molar refractivity (Wildman–Crippen MR) is 142 cm³/mol. The quantitative estimate of drug-likeness (QED) is 0.210. The SMILES string of the molecule is CCCCCCCCCCCCCCCc1cccc(OCCOC(=O)Nc2[c]cccc2)c1. The van der Waals surface area contributed by atoms with Gasteiger partial charge in [0.05, 0.1) is 5.69 Å². The molecule has 2 rings (SSSR count). The summed E-state index contributed by atoms with van der Waals surface area (Å²) < 4.78 is 10.9. The summed E-state index contributed by atoms with van der Waals surface area (Å²) in [5.74, 6) is 0.826. The van der Waals surface area contributed by atoms with E-state index in [1.807, 2.05) is 24.3 Å². The highest BCUT2D eigenvalue weighted by atomic mass is 16.6. The maximum atomic E-state index is 11.8. The van der Waals surface area contributed by atoms with E-state index in [1.54, 1.807) is 12.1 Å². The van der Waals surface area contributed by atoms with Gasteiger partial charge in [-0.1, -0.05) is 114 Å². The van der Waals surface area contributed by atoms with Crippen LogP contribution in [-0.4, -0.2) is 19.3 Å². The van der Waals surface area contributed by atoms with Crippen molar-refractivity contribution in [2.75, 3.05) is 18.5 Å². The van der Waals surface area contributed by atoms with Gasteiger partial charge in [-0.2, -0.15) is 0 Å². The predicted octanol–water partition coefficient (Wildman–Crippen LogP) is 8.75. The Bertz CT molecular complexity index is 763. The molecule has 1 radical (unpaired) electrons. The summed E-state index contributed by atoms with van der Waals surface area (Å²) >= 11 is 0. The zero-order valence-corrected chi connectivity index (χ0v) is 21.2. The highest BCUT2D eigenvalue weighted by molar-refractivity contribution is 5.84. The molecule has 0 aromatic heterocycles. The van der Waals surface area contributed by atoms with Crippen LogP contribution in [0.2, 0.25) is 0 Å². The van der Waals surface area contributed by atoms with Crippen LogP contribution in [0.25, 0.3) is 0 Å². The first-order valence-corrected chi connectivity index (χ1v) is 13.4. The average Bonchev–Trinajstić information content (AvgIpc) is 2.85. The van der Waals surface area contributed by atoms with Crippen molar-refractivity contribution in [3.8, 4) is 5.75 Å². The topological polar surface area (TPSA) is 47.6 Å². The van der Waals surface area contributed by atoms with Crippen LogP contribution < -0.4 is 10.1 Å². The first-order chi connectivity index (χ1) is 16.8. The summed E-state index contributed by atoms with van der Waals surface area (Å²) in [6.45, 7) is 2.80. The molecular formula is C30H44NO3. The molecule has 4 heteroatoms. The summed E-state index contributed by atoms with van der Waals surface area (Å²) in [4.78, 5) is 11.8. The molecule has 4 nitrogen and oxygen atoms in total. The van der Waals surface area contributed by atoms with Gasteiger partial charge in [0.2, 0.25) is 0 Å². The second-order valence-electron chi connectivity index (χ2n) is 9.03. The fourth-order valence-corrected chi connectivity index (χ4v) is 4.05. The smallest absolute Gasteiger partial charge is 0.411 e. The number of benzene rings is 2. The lowest BCUT2D eigenvalue weighted by atomic mass is 10.0. The Kier molecular flexibility index (Phi) is 15.4. The molecular weight excluding hydrogens is 422 g/mol.